The van der Waals surface area contributed by atoms with Gasteiger partial charge in [-0.15, -0.1) is 0 Å². The summed E-state index contributed by atoms with van der Waals surface area (Å²) in [5.74, 6) is 0.542. The second-order valence-corrected chi connectivity index (χ2v) is 6.56. The van der Waals surface area contributed by atoms with Crippen molar-refractivity contribution in [2.75, 3.05) is 19.5 Å². The molecular formula is C14H20O4S. The highest BCUT2D eigenvalue weighted by Gasteiger charge is 2.29. The predicted octanol–water partition coefficient (Wildman–Crippen LogP) is 2.52. The Morgan fingerprint density at radius 1 is 1.21 bits per heavy atom. The minimum atomic E-state index is -3.38. The van der Waals surface area contributed by atoms with E-state index < -0.39 is 10.1 Å². The second kappa shape index (κ2) is 6.50. The van der Waals surface area contributed by atoms with E-state index in [0.717, 1.165) is 11.8 Å². The Morgan fingerprint density at radius 2 is 1.89 bits per heavy atom. The van der Waals surface area contributed by atoms with Gasteiger partial charge in [-0.25, -0.2) is 0 Å². The molecule has 0 heterocycles. The van der Waals surface area contributed by atoms with Crippen LogP contribution in [0.15, 0.2) is 30.3 Å². The lowest BCUT2D eigenvalue weighted by Gasteiger charge is -2.34. The molecule has 0 saturated heterocycles. The van der Waals surface area contributed by atoms with Crippen LogP contribution in [0, 0.1) is 5.92 Å². The third-order valence-electron chi connectivity index (χ3n) is 3.38. The lowest BCUT2D eigenvalue weighted by molar-refractivity contribution is -0.0257. The largest absolute Gasteiger partial charge is 0.371 e. The summed E-state index contributed by atoms with van der Waals surface area (Å²) in [4.78, 5) is 0. The highest BCUT2D eigenvalue weighted by molar-refractivity contribution is 7.85. The molecule has 19 heavy (non-hydrogen) atoms. The van der Waals surface area contributed by atoms with Gasteiger partial charge in [0.15, 0.2) is 0 Å². The van der Waals surface area contributed by atoms with Gasteiger partial charge >= 0.3 is 0 Å². The summed E-state index contributed by atoms with van der Waals surface area (Å²) in [5, 5.41) is 0. The summed E-state index contributed by atoms with van der Waals surface area (Å²) in [6.07, 6.45) is 4.70. The van der Waals surface area contributed by atoms with Crippen molar-refractivity contribution in [1.29, 1.82) is 0 Å². The van der Waals surface area contributed by atoms with Crippen molar-refractivity contribution in [3.05, 3.63) is 35.9 Å². The molecule has 0 spiro atoms. The van der Waals surface area contributed by atoms with Crippen LogP contribution < -0.4 is 0 Å². The smallest absolute Gasteiger partial charge is 0.264 e. The monoisotopic (exact) mass is 284 g/mol. The number of hydrogen-bond acceptors (Lipinski definition) is 4. The van der Waals surface area contributed by atoms with E-state index >= 15 is 0 Å². The highest BCUT2D eigenvalue weighted by Crippen LogP contribution is 2.39. The van der Waals surface area contributed by atoms with E-state index in [1.165, 1.54) is 19.3 Å². The fraction of sp³-hybridized carbons (Fsp3) is 0.571. The maximum absolute atomic E-state index is 10.9. The Balaban J connectivity index is 1.88. The van der Waals surface area contributed by atoms with E-state index in [1.807, 2.05) is 18.2 Å². The zero-order valence-corrected chi connectivity index (χ0v) is 11.9. The Hall–Kier alpha value is -0.910. The molecule has 1 atom stereocenters. The number of hydrogen-bond donors (Lipinski definition) is 0. The summed E-state index contributed by atoms with van der Waals surface area (Å²) in [5.41, 5.74) is 1.16. The van der Waals surface area contributed by atoms with Crippen LogP contribution in [0.3, 0.4) is 0 Å². The summed E-state index contributed by atoms with van der Waals surface area (Å²) in [6, 6.07) is 10.1. The van der Waals surface area contributed by atoms with Crippen molar-refractivity contribution in [1.82, 2.24) is 0 Å². The maximum atomic E-state index is 10.9. The topological polar surface area (TPSA) is 52.6 Å². The zero-order valence-electron chi connectivity index (χ0n) is 11.1. The quantitative estimate of drug-likeness (QED) is 0.570. The fourth-order valence-corrected chi connectivity index (χ4v) is 2.62. The molecule has 0 amide bonds. The van der Waals surface area contributed by atoms with Crippen molar-refractivity contribution in [2.24, 2.45) is 5.92 Å². The molecule has 0 bridgehead atoms. The summed E-state index contributed by atoms with van der Waals surface area (Å²) in [6.45, 7) is 0.373. The van der Waals surface area contributed by atoms with Gasteiger partial charge in [0.25, 0.3) is 10.1 Å². The first-order valence-electron chi connectivity index (χ1n) is 6.57. The molecule has 1 aromatic carbocycles. The minimum absolute atomic E-state index is 0.0538. The molecule has 1 unspecified atom stereocenters. The molecule has 1 aliphatic rings. The first-order valence-corrected chi connectivity index (χ1v) is 8.39. The van der Waals surface area contributed by atoms with Gasteiger partial charge < -0.3 is 4.74 Å². The van der Waals surface area contributed by atoms with Crippen LogP contribution in [0.4, 0.5) is 0 Å². The molecule has 0 aliphatic heterocycles. The van der Waals surface area contributed by atoms with Crippen LogP contribution in [0.1, 0.15) is 30.9 Å². The van der Waals surface area contributed by atoms with E-state index in [2.05, 4.69) is 12.1 Å². The minimum Gasteiger partial charge on any atom is -0.371 e. The lowest BCUT2D eigenvalue weighted by atomic mass is 9.78. The Kier molecular flexibility index (Phi) is 4.96. The standard InChI is InChI=1S/C14H20O4S/c1-19(15,16)18-11-10-17-14(13-8-5-9-13)12-6-3-2-4-7-12/h2-4,6-7,13-14H,5,8-11H2,1H3. The fourth-order valence-electron chi connectivity index (χ4n) is 2.25. The normalized spacial score (nSPS) is 17.9. The number of rotatable bonds is 7. The van der Waals surface area contributed by atoms with Crippen LogP contribution in [0.2, 0.25) is 0 Å². The van der Waals surface area contributed by atoms with Crippen molar-refractivity contribution in [3.63, 3.8) is 0 Å². The molecule has 0 radical (unpaired) electrons. The molecule has 4 nitrogen and oxygen atoms in total. The van der Waals surface area contributed by atoms with Crippen LogP contribution >= 0.6 is 0 Å². The molecule has 0 aromatic heterocycles. The third kappa shape index (κ3) is 4.60. The average molecular weight is 284 g/mol. The first kappa shape index (κ1) is 14.5. The molecule has 1 aliphatic carbocycles. The average Bonchev–Trinajstić information content (AvgIpc) is 2.30. The van der Waals surface area contributed by atoms with Gasteiger partial charge in [0.1, 0.15) is 0 Å². The van der Waals surface area contributed by atoms with Crippen molar-refractivity contribution < 1.29 is 17.3 Å². The molecule has 2 rings (SSSR count). The number of ether oxygens (including phenoxy) is 1. The highest BCUT2D eigenvalue weighted by atomic mass is 32.2. The van der Waals surface area contributed by atoms with E-state index in [9.17, 15) is 8.42 Å². The molecule has 0 N–H and O–H groups in total. The Morgan fingerprint density at radius 3 is 2.42 bits per heavy atom. The third-order valence-corrected chi connectivity index (χ3v) is 3.98. The van der Waals surface area contributed by atoms with E-state index in [4.69, 9.17) is 8.92 Å². The van der Waals surface area contributed by atoms with E-state index in [-0.39, 0.29) is 12.7 Å². The Labute approximate surface area is 114 Å². The van der Waals surface area contributed by atoms with Gasteiger partial charge in [-0.1, -0.05) is 36.8 Å². The van der Waals surface area contributed by atoms with Crippen LogP contribution in [-0.2, 0) is 19.0 Å². The molecular weight excluding hydrogens is 264 g/mol. The van der Waals surface area contributed by atoms with Gasteiger partial charge in [-0.05, 0) is 24.3 Å². The summed E-state index contributed by atoms with van der Waals surface area (Å²) < 4.78 is 32.3. The zero-order chi connectivity index (χ0) is 13.7. The van der Waals surface area contributed by atoms with E-state index in [1.54, 1.807) is 0 Å². The van der Waals surface area contributed by atoms with E-state index in [0.29, 0.717) is 12.5 Å². The summed E-state index contributed by atoms with van der Waals surface area (Å²) in [7, 11) is -3.38. The lowest BCUT2D eigenvalue weighted by Crippen LogP contribution is -2.24. The molecule has 106 valence electrons. The Bertz CT molecular complexity index is 479. The predicted molar refractivity (Wildman–Crippen MR) is 73.3 cm³/mol. The van der Waals surface area contributed by atoms with Gasteiger partial charge in [-0.3, -0.25) is 4.18 Å². The molecule has 1 aromatic rings. The molecule has 1 fully saturated rings. The second-order valence-electron chi connectivity index (χ2n) is 4.92. The van der Waals surface area contributed by atoms with Crippen LogP contribution in [0.25, 0.3) is 0 Å². The maximum Gasteiger partial charge on any atom is 0.264 e. The SMILES string of the molecule is CS(=O)(=O)OCCOC(c1ccccc1)C1CCC1. The summed E-state index contributed by atoms with van der Waals surface area (Å²) >= 11 is 0. The van der Waals surface area contributed by atoms with Gasteiger partial charge in [0.2, 0.25) is 0 Å². The molecule has 1 saturated carbocycles. The van der Waals surface area contributed by atoms with Gasteiger partial charge in [-0.2, -0.15) is 8.42 Å². The van der Waals surface area contributed by atoms with Gasteiger partial charge in [0.05, 0.1) is 25.6 Å². The molecule has 5 heteroatoms. The van der Waals surface area contributed by atoms with Crippen molar-refractivity contribution in [2.45, 2.75) is 25.4 Å². The van der Waals surface area contributed by atoms with Crippen LogP contribution in [0.5, 0.6) is 0 Å². The van der Waals surface area contributed by atoms with Gasteiger partial charge in [0, 0.05) is 0 Å². The first-order chi connectivity index (χ1) is 9.06. The number of benzene rings is 1. The van der Waals surface area contributed by atoms with Crippen LogP contribution in [-0.4, -0.2) is 27.9 Å². The van der Waals surface area contributed by atoms with Crippen molar-refractivity contribution >= 4 is 10.1 Å². The van der Waals surface area contributed by atoms with Crippen molar-refractivity contribution in [3.8, 4) is 0 Å².